The third-order valence-electron chi connectivity index (χ3n) is 4.00. The lowest BCUT2D eigenvalue weighted by atomic mass is 10.1. The van der Waals surface area contributed by atoms with Crippen LogP contribution in [0.15, 0.2) is 63.0 Å². The van der Waals surface area contributed by atoms with E-state index in [-0.39, 0.29) is 10.8 Å². The van der Waals surface area contributed by atoms with Crippen LogP contribution in [0, 0.1) is 6.92 Å². The van der Waals surface area contributed by atoms with Crippen molar-refractivity contribution >= 4 is 22.7 Å². The molecule has 7 heteroatoms. The Labute approximate surface area is 153 Å². The van der Waals surface area contributed by atoms with Gasteiger partial charge in [-0.15, -0.1) is 10.2 Å². The number of aromatic amines is 1. The first kappa shape index (κ1) is 16.5. The second-order valence-electron chi connectivity index (χ2n) is 5.97. The number of nitrogens with one attached hydrogen (secondary N) is 1. The van der Waals surface area contributed by atoms with E-state index in [1.54, 1.807) is 6.07 Å². The first-order chi connectivity index (χ1) is 12.6. The van der Waals surface area contributed by atoms with Crippen LogP contribution in [-0.2, 0) is 0 Å². The number of benzene rings is 2. The van der Waals surface area contributed by atoms with Gasteiger partial charge < -0.3 is 9.40 Å². The largest absolute Gasteiger partial charge is 0.411 e. The van der Waals surface area contributed by atoms with Crippen molar-refractivity contribution in [2.75, 3.05) is 0 Å². The molecule has 0 aliphatic heterocycles. The van der Waals surface area contributed by atoms with E-state index in [0.29, 0.717) is 27.8 Å². The van der Waals surface area contributed by atoms with Gasteiger partial charge in [0.15, 0.2) is 0 Å². The molecule has 0 fully saturated rings. The topological polar surface area (TPSA) is 84.7 Å². The molecule has 130 valence electrons. The maximum absolute atomic E-state index is 12.2. The fourth-order valence-electron chi connectivity index (χ4n) is 2.57. The molecule has 0 radical (unpaired) electrons. The van der Waals surface area contributed by atoms with Crippen molar-refractivity contribution in [2.45, 2.75) is 24.3 Å². The summed E-state index contributed by atoms with van der Waals surface area (Å²) in [5, 5.41) is 9.06. The van der Waals surface area contributed by atoms with E-state index in [0.717, 1.165) is 5.56 Å². The first-order valence-corrected chi connectivity index (χ1v) is 9.04. The number of nitrogens with zero attached hydrogens (tertiary/aromatic N) is 3. The maximum atomic E-state index is 12.2. The molecule has 0 aliphatic carbocycles. The zero-order chi connectivity index (χ0) is 18.1. The van der Waals surface area contributed by atoms with E-state index in [9.17, 15) is 4.79 Å². The standard InChI is InChI=1S/C19H16N4O2S/c1-11-7-9-13(10-8-11)18-22-23-19(25-18)26-12(2)16-20-15-6-4-3-5-14(15)17(24)21-16/h3-10,12H,1-2H3,(H,20,21,24). The quantitative estimate of drug-likeness (QED) is 0.548. The van der Waals surface area contributed by atoms with Crippen molar-refractivity contribution in [1.82, 2.24) is 20.2 Å². The SMILES string of the molecule is Cc1ccc(-c2nnc(SC(C)c3nc4ccccc4c(=O)[nH]3)o2)cc1. The third-order valence-corrected chi connectivity index (χ3v) is 4.94. The van der Waals surface area contributed by atoms with E-state index in [4.69, 9.17) is 4.42 Å². The molecule has 6 nitrogen and oxygen atoms in total. The predicted molar refractivity (Wildman–Crippen MR) is 101 cm³/mol. The average Bonchev–Trinajstić information content (AvgIpc) is 3.10. The molecule has 26 heavy (non-hydrogen) atoms. The average molecular weight is 364 g/mol. The number of thioether (sulfide) groups is 1. The molecule has 2 heterocycles. The Hall–Kier alpha value is -2.93. The fourth-order valence-corrected chi connectivity index (χ4v) is 3.32. The maximum Gasteiger partial charge on any atom is 0.277 e. The molecular formula is C19H16N4O2S. The Morgan fingerprint density at radius 2 is 1.85 bits per heavy atom. The fraction of sp³-hybridized carbons (Fsp3) is 0.158. The van der Waals surface area contributed by atoms with Crippen LogP contribution >= 0.6 is 11.8 Å². The zero-order valence-corrected chi connectivity index (χ0v) is 15.1. The molecule has 1 unspecified atom stereocenters. The Kier molecular flexibility index (Phi) is 4.30. The molecule has 2 aromatic carbocycles. The normalized spacial score (nSPS) is 12.4. The van der Waals surface area contributed by atoms with Crippen LogP contribution in [-0.4, -0.2) is 20.2 Å². The minimum atomic E-state index is -0.149. The van der Waals surface area contributed by atoms with Crippen LogP contribution in [0.25, 0.3) is 22.4 Å². The molecule has 1 atom stereocenters. The number of fused-ring (bicyclic) bond motifs is 1. The summed E-state index contributed by atoms with van der Waals surface area (Å²) in [6.45, 7) is 3.96. The van der Waals surface area contributed by atoms with Crippen molar-refractivity contribution < 1.29 is 4.42 Å². The third kappa shape index (κ3) is 3.25. The van der Waals surface area contributed by atoms with Gasteiger partial charge in [-0.05, 0) is 38.1 Å². The van der Waals surface area contributed by atoms with Crippen LogP contribution in [0.2, 0.25) is 0 Å². The minimum Gasteiger partial charge on any atom is -0.411 e. The Balaban J connectivity index is 1.58. The summed E-state index contributed by atoms with van der Waals surface area (Å²) in [4.78, 5) is 19.6. The van der Waals surface area contributed by atoms with Crippen LogP contribution in [0.3, 0.4) is 0 Å². The Morgan fingerprint density at radius 1 is 1.08 bits per heavy atom. The molecule has 0 bridgehead atoms. The zero-order valence-electron chi connectivity index (χ0n) is 14.3. The Morgan fingerprint density at radius 3 is 2.65 bits per heavy atom. The van der Waals surface area contributed by atoms with Gasteiger partial charge in [0, 0.05) is 5.56 Å². The highest BCUT2D eigenvalue weighted by molar-refractivity contribution is 7.99. The number of para-hydroxylation sites is 1. The smallest absolute Gasteiger partial charge is 0.277 e. The van der Waals surface area contributed by atoms with Gasteiger partial charge in [0.1, 0.15) is 5.82 Å². The van der Waals surface area contributed by atoms with Gasteiger partial charge in [-0.25, -0.2) is 4.98 Å². The van der Waals surface area contributed by atoms with Crippen molar-refractivity contribution in [2.24, 2.45) is 0 Å². The summed E-state index contributed by atoms with van der Waals surface area (Å²) < 4.78 is 5.74. The lowest BCUT2D eigenvalue weighted by molar-refractivity contribution is 0.465. The molecule has 4 aromatic rings. The van der Waals surface area contributed by atoms with E-state index in [1.165, 1.54) is 17.3 Å². The second-order valence-corrected chi connectivity index (χ2v) is 7.26. The number of aromatic nitrogens is 4. The number of hydrogen-bond donors (Lipinski definition) is 1. The molecule has 0 amide bonds. The molecule has 0 saturated carbocycles. The van der Waals surface area contributed by atoms with Crippen molar-refractivity contribution in [3.63, 3.8) is 0 Å². The van der Waals surface area contributed by atoms with E-state index >= 15 is 0 Å². The van der Waals surface area contributed by atoms with Crippen LogP contribution < -0.4 is 5.56 Å². The molecular weight excluding hydrogens is 348 g/mol. The number of hydrogen-bond acceptors (Lipinski definition) is 6. The van der Waals surface area contributed by atoms with Gasteiger partial charge in [0.25, 0.3) is 10.8 Å². The Bertz CT molecular complexity index is 1120. The minimum absolute atomic E-state index is 0.140. The van der Waals surface area contributed by atoms with E-state index < -0.39 is 0 Å². The highest BCUT2D eigenvalue weighted by atomic mass is 32.2. The summed E-state index contributed by atoms with van der Waals surface area (Å²) in [5.41, 5.74) is 2.57. The van der Waals surface area contributed by atoms with Gasteiger partial charge in [-0.2, -0.15) is 0 Å². The van der Waals surface area contributed by atoms with Gasteiger partial charge in [0.2, 0.25) is 5.89 Å². The second kappa shape index (κ2) is 6.76. The van der Waals surface area contributed by atoms with Crippen molar-refractivity contribution in [3.05, 3.63) is 70.3 Å². The van der Waals surface area contributed by atoms with Crippen LogP contribution in [0.4, 0.5) is 0 Å². The summed E-state index contributed by atoms with van der Waals surface area (Å²) in [7, 11) is 0. The predicted octanol–water partition coefficient (Wildman–Crippen LogP) is 4.13. The highest BCUT2D eigenvalue weighted by Gasteiger charge is 2.17. The van der Waals surface area contributed by atoms with Crippen LogP contribution in [0.1, 0.15) is 23.6 Å². The van der Waals surface area contributed by atoms with Crippen LogP contribution in [0.5, 0.6) is 0 Å². The lowest BCUT2D eigenvalue weighted by Crippen LogP contribution is -2.12. The van der Waals surface area contributed by atoms with Gasteiger partial charge in [-0.3, -0.25) is 4.79 Å². The van der Waals surface area contributed by atoms with E-state index in [1.807, 2.05) is 56.3 Å². The molecule has 0 saturated heterocycles. The summed E-state index contributed by atoms with van der Waals surface area (Å²) in [6.07, 6.45) is 0. The molecule has 0 spiro atoms. The van der Waals surface area contributed by atoms with E-state index in [2.05, 4.69) is 20.2 Å². The summed E-state index contributed by atoms with van der Waals surface area (Å²) in [6, 6.07) is 15.2. The van der Waals surface area contributed by atoms with Gasteiger partial charge in [0.05, 0.1) is 16.2 Å². The van der Waals surface area contributed by atoms with Crippen molar-refractivity contribution in [1.29, 1.82) is 0 Å². The first-order valence-electron chi connectivity index (χ1n) is 8.16. The number of aryl methyl sites for hydroxylation is 1. The summed E-state index contributed by atoms with van der Waals surface area (Å²) >= 11 is 1.36. The lowest BCUT2D eigenvalue weighted by Gasteiger charge is -2.08. The molecule has 4 rings (SSSR count). The monoisotopic (exact) mass is 364 g/mol. The molecule has 0 aliphatic rings. The molecule has 1 N–H and O–H groups in total. The van der Waals surface area contributed by atoms with Gasteiger partial charge >= 0.3 is 0 Å². The van der Waals surface area contributed by atoms with Gasteiger partial charge in [-0.1, -0.05) is 41.6 Å². The highest BCUT2D eigenvalue weighted by Crippen LogP contribution is 2.33. The number of H-pyrrole nitrogens is 1. The molecule has 2 aromatic heterocycles. The van der Waals surface area contributed by atoms with Crippen molar-refractivity contribution in [3.8, 4) is 11.5 Å². The summed E-state index contributed by atoms with van der Waals surface area (Å²) in [5.74, 6) is 1.05. The number of rotatable bonds is 4.